The lowest BCUT2D eigenvalue weighted by Gasteiger charge is -2.03. The van der Waals surface area contributed by atoms with Crippen LogP contribution in [0.3, 0.4) is 0 Å². The van der Waals surface area contributed by atoms with Crippen LogP contribution in [-0.2, 0) is 17.6 Å². The van der Waals surface area contributed by atoms with Gasteiger partial charge in [-0.15, -0.1) is 0 Å². The van der Waals surface area contributed by atoms with Gasteiger partial charge >= 0.3 is 0 Å². The molecule has 0 aliphatic rings. The van der Waals surface area contributed by atoms with E-state index in [1.54, 1.807) is 13.0 Å². The Bertz CT molecular complexity index is 611. The first kappa shape index (κ1) is 13.5. The van der Waals surface area contributed by atoms with Gasteiger partial charge in [0, 0.05) is 11.8 Å². The van der Waals surface area contributed by atoms with Crippen LogP contribution in [0.1, 0.15) is 32.0 Å². The highest BCUT2D eigenvalue weighted by atomic mass is 16.1. The van der Waals surface area contributed by atoms with Gasteiger partial charge in [0.1, 0.15) is 5.52 Å². The molecule has 0 aromatic carbocycles. The molecule has 0 atom stereocenters. The number of carbonyl (C=O) groups is 1. The van der Waals surface area contributed by atoms with Crippen LogP contribution in [0.15, 0.2) is 24.5 Å². The molecule has 2 heterocycles. The molecule has 4 nitrogen and oxygen atoms in total. The monoisotopic (exact) mass is 257 g/mol. The molecule has 1 N–H and O–H groups in total. The van der Waals surface area contributed by atoms with Gasteiger partial charge in [0.15, 0.2) is 11.4 Å². The molecule has 4 heteroatoms. The smallest absolute Gasteiger partial charge is 0.156 e. The van der Waals surface area contributed by atoms with Crippen LogP contribution in [0.2, 0.25) is 0 Å². The standard InChI is InChI=1S/C15H19N3O/c1-10(2)7-13-9-17-15-14(18-13)12(8-16-15)6-4-5-11(3)19/h4-5,8-10H,6-7H2,1-3H3,(H,16,17)/b5-4+. The van der Waals surface area contributed by atoms with Crippen molar-refractivity contribution in [1.82, 2.24) is 15.0 Å². The summed E-state index contributed by atoms with van der Waals surface area (Å²) in [5, 5.41) is 0. The quantitative estimate of drug-likeness (QED) is 0.838. The molecular formula is C15H19N3O. The maximum absolute atomic E-state index is 10.9. The van der Waals surface area contributed by atoms with Crippen LogP contribution in [0.4, 0.5) is 0 Å². The van der Waals surface area contributed by atoms with E-state index in [1.807, 2.05) is 18.5 Å². The summed E-state index contributed by atoms with van der Waals surface area (Å²) in [6.07, 6.45) is 8.81. The Hall–Kier alpha value is -1.97. The molecule has 0 radical (unpaired) electrons. The molecule has 100 valence electrons. The van der Waals surface area contributed by atoms with Crippen molar-refractivity contribution in [1.29, 1.82) is 0 Å². The minimum atomic E-state index is 0.0615. The molecule has 0 fully saturated rings. The molecule has 2 aromatic heterocycles. The molecule has 0 amide bonds. The molecule has 0 saturated heterocycles. The first-order valence-electron chi connectivity index (χ1n) is 6.55. The predicted octanol–water partition coefficient (Wildman–Crippen LogP) is 2.84. The summed E-state index contributed by atoms with van der Waals surface area (Å²) < 4.78 is 0. The molecule has 2 aromatic rings. The Labute approximate surface area is 113 Å². The topological polar surface area (TPSA) is 58.6 Å². The molecule has 2 rings (SSSR count). The van der Waals surface area contributed by atoms with Gasteiger partial charge in [0.25, 0.3) is 0 Å². The van der Waals surface area contributed by atoms with E-state index in [0.717, 1.165) is 28.8 Å². The highest BCUT2D eigenvalue weighted by molar-refractivity contribution is 5.87. The summed E-state index contributed by atoms with van der Waals surface area (Å²) >= 11 is 0. The molecule has 0 unspecified atom stereocenters. The van der Waals surface area contributed by atoms with Gasteiger partial charge < -0.3 is 4.98 Å². The Kier molecular flexibility index (Phi) is 4.10. The fourth-order valence-corrected chi connectivity index (χ4v) is 2.00. The molecule has 0 aliphatic carbocycles. The van der Waals surface area contributed by atoms with E-state index in [9.17, 15) is 4.79 Å². The van der Waals surface area contributed by atoms with Crippen molar-refractivity contribution in [2.24, 2.45) is 5.92 Å². The summed E-state index contributed by atoms with van der Waals surface area (Å²) in [5.41, 5.74) is 3.80. The van der Waals surface area contributed by atoms with Crippen molar-refractivity contribution in [2.75, 3.05) is 0 Å². The number of ketones is 1. The van der Waals surface area contributed by atoms with Gasteiger partial charge in [-0.25, -0.2) is 9.97 Å². The maximum atomic E-state index is 10.9. The van der Waals surface area contributed by atoms with Crippen molar-refractivity contribution >= 4 is 16.9 Å². The van der Waals surface area contributed by atoms with Crippen LogP contribution >= 0.6 is 0 Å². The Morgan fingerprint density at radius 1 is 1.47 bits per heavy atom. The van der Waals surface area contributed by atoms with E-state index < -0.39 is 0 Å². The van der Waals surface area contributed by atoms with Crippen molar-refractivity contribution in [3.05, 3.63) is 35.8 Å². The molecule has 19 heavy (non-hydrogen) atoms. The van der Waals surface area contributed by atoms with Gasteiger partial charge in [-0.2, -0.15) is 0 Å². The normalized spacial score (nSPS) is 11.8. The van der Waals surface area contributed by atoms with Crippen LogP contribution in [0, 0.1) is 5.92 Å². The van der Waals surface area contributed by atoms with Crippen LogP contribution in [-0.4, -0.2) is 20.7 Å². The van der Waals surface area contributed by atoms with Gasteiger partial charge in [-0.05, 0) is 31.8 Å². The van der Waals surface area contributed by atoms with Crippen molar-refractivity contribution < 1.29 is 4.79 Å². The fraction of sp³-hybridized carbons (Fsp3) is 0.400. The second kappa shape index (κ2) is 5.78. The summed E-state index contributed by atoms with van der Waals surface area (Å²) in [7, 11) is 0. The number of nitrogens with zero attached hydrogens (tertiary/aromatic N) is 2. The van der Waals surface area contributed by atoms with Gasteiger partial charge in [-0.3, -0.25) is 4.79 Å². The number of rotatable bonds is 5. The van der Waals surface area contributed by atoms with Crippen LogP contribution < -0.4 is 0 Å². The van der Waals surface area contributed by atoms with Crippen molar-refractivity contribution in [2.45, 2.75) is 33.6 Å². The minimum absolute atomic E-state index is 0.0615. The number of hydrogen-bond acceptors (Lipinski definition) is 3. The molecule has 0 saturated carbocycles. The SMILES string of the molecule is CC(=O)/C=C/Cc1c[nH]c2ncc(CC(C)C)nc12. The Morgan fingerprint density at radius 2 is 2.26 bits per heavy atom. The van der Waals surface area contributed by atoms with E-state index >= 15 is 0 Å². The summed E-state index contributed by atoms with van der Waals surface area (Å²) in [6, 6.07) is 0. The zero-order valence-corrected chi connectivity index (χ0v) is 11.6. The third kappa shape index (κ3) is 3.50. The number of hydrogen-bond donors (Lipinski definition) is 1. The number of allylic oxidation sites excluding steroid dienone is 2. The number of carbonyl (C=O) groups excluding carboxylic acids is 1. The zero-order valence-electron chi connectivity index (χ0n) is 11.6. The van der Waals surface area contributed by atoms with Crippen LogP contribution in [0.5, 0.6) is 0 Å². The van der Waals surface area contributed by atoms with E-state index in [0.29, 0.717) is 12.3 Å². The van der Waals surface area contributed by atoms with E-state index in [-0.39, 0.29) is 5.78 Å². The fourth-order valence-electron chi connectivity index (χ4n) is 2.00. The highest BCUT2D eigenvalue weighted by Crippen LogP contribution is 2.16. The predicted molar refractivity (Wildman–Crippen MR) is 76.0 cm³/mol. The number of aromatic nitrogens is 3. The minimum Gasteiger partial charge on any atom is -0.345 e. The molecular weight excluding hydrogens is 238 g/mol. The average Bonchev–Trinajstić information content (AvgIpc) is 2.71. The number of fused-ring (bicyclic) bond motifs is 1. The molecule has 0 bridgehead atoms. The van der Waals surface area contributed by atoms with Crippen molar-refractivity contribution in [3.63, 3.8) is 0 Å². The van der Waals surface area contributed by atoms with Gasteiger partial charge in [0.05, 0.1) is 11.9 Å². The van der Waals surface area contributed by atoms with Gasteiger partial charge in [-0.1, -0.05) is 19.9 Å². The third-order valence-electron chi connectivity index (χ3n) is 2.82. The summed E-state index contributed by atoms with van der Waals surface area (Å²) in [6.45, 7) is 5.88. The van der Waals surface area contributed by atoms with Crippen LogP contribution in [0.25, 0.3) is 11.2 Å². The maximum Gasteiger partial charge on any atom is 0.156 e. The second-order valence-electron chi connectivity index (χ2n) is 5.19. The lowest BCUT2D eigenvalue weighted by Crippen LogP contribution is -1.98. The third-order valence-corrected chi connectivity index (χ3v) is 2.82. The second-order valence-corrected chi connectivity index (χ2v) is 5.19. The molecule has 0 spiro atoms. The number of H-pyrrole nitrogens is 1. The van der Waals surface area contributed by atoms with E-state index in [4.69, 9.17) is 0 Å². The summed E-state index contributed by atoms with van der Waals surface area (Å²) in [5.74, 6) is 0.623. The average molecular weight is 257 g/mol. The Balaban J connectivity index is 2.26. The first-order chi connectivity index (χ1) is 9.06. The van der Waals surface area contributed by atoms with E-state index in [1.165, 1.54) is 0 Å². The highest BCUT2D eigenvalue weighted by Gasteiger charge is 2.07. The largest absolute Gasteiger partial charge is 0.345 e. The lowest BCUT2D eigenvalue weighted by atomic mass is 10.1. The van der Waals surface area contributed by atoms with E-state index in [2.05, 4.69) is 28.8 Å². The molecule has 0 aliphatic heterocycles. The lowest BCUT2D eigenvalue weighted by molar-refractivity contribution is -0.112. The Morgan fingerprint density at radius 3 is 2.95 bits per heavy atom. The van der Waals surface area contributed by atoms with Crippen molar-refractivity contribution in [3.8, 4) is 0 Å². The zero-order chi connectivity index (χ0) is 13.8. The number of aromatic amines is 1. The van der Waals surface area contributed by atoms with Gasteiger partial charge in [0.2, 0.25) is 0 Å². The summed E-state index contributed by atoms with van der Waals surface area (Å²) in [4.78, 5) is 23.1. The number of nitrogens with one attached hydrogen (secondary N) is 1. The first-order valence-corrected chi connectivity index (χ1v) is 6.55.